The number of unbranched alkanes of at least 4 members (excludes halogenated alkanes) is 2. The van der Waals surface area contributed by atoms with Crippen LogP contribution in [0, 0.1) is 4.91 Å². The van der Waals surface area contributed by atoms with Gasteiger partial charge in [0, 0.05) is 0 Å². The first kappa shape index (κ1) is 16.1. The predicted molar refractivity (Wildman–Crippen MR) is 85.6 cm³/mol. The van der Waals surface area contributed by atoms with Gasteiger partial charge in [-0.2, -0.15) is 0 Å². The molecule has 0 aromatic rings. The van der Waals surface area contributed by atoms with Crippen molar-refractivity contribution < 1.29 is 0 Å². The van der Waals surface area contributed by atoms with E-state index in [4.69, 9.17) is 0 Å². The molecule has 2 nitrogen and oxygen atoms in total. The molecule has 1 aliphatic rings. The predicted octanol–water partition coefficient (Wildman–Crippen LogP) is 5.04. The zero-order valence-corrected chi connectivity index (χ0v) is 13.6. The Morgan fingerprint density at radius 3 is 2.11 bits per heavy atom. The third-order valence-corrected chi connectivity index (χ3v) is 10.4. The molecule has 18 heavy (non-hydrogen) atoms. The van der Waals surface area contributed by atoms with Gasteiger partial charge in [-0.3, -0.25) is 0 Å². The summed E-state index contributed by atoms with van der Waals surface area (Å²) in [6.07, 6.45) is 13.0. The number of hydrogen-bond acceptors (Lipinski definition) is 2. The maximum absolute atomic E-state index is 11.1. The first-order valence-corrected chi connectivity index (χ1v) is 11.0. The van der Waals surface area contributed by atoms with Crippen LogP contribution in [0.1, 0.15) is 65.2 Å². The topological polar surface area (TPSA) is 29.4 Å². The van der Waals surface area contributed by atoms with Crippen LogP contribution in [0.15, 0.2) is 5.18 Å². The van der Waals surface area contributed by atoms with E-state index in [1.54, 1.807) is 0 Å². The van der Waals surface area contributed by atoms with Crippen LogP contribution in [-0.4, -0.2) is 30.7 Å². The van der Waals surface area contributed by atoms with Gasteiger partial charge in [0.2, 0.25) is 0 Å². The van der Waals surface area contributed by atoms with Crippen molar-refractivity contribution in [1.82, 2.24) is 0 Å². The maximum atomic E-state index is 11.1. The van der Waals surface area contributed by atoms with Crippen LogP contribution in [-0.2, 0) is 0 Å². The van der Waals surface area contributed by atoms with Gasteiger partial charge in [-0.15, -0.1) is 0 Å². The summed E-state index contributed by atoms with van der Waals surface area (Å²) in [5.41, 5.74) is 0.682. The van der Waals surface area contributed by atoms with Crippen LogP contribution in [0.4, 0.5) is 0 Å². The summed E-state index contributed by atoms with van der Waals surface area (Å²) >= 11 is 0. The Labute approximate surface area is 114 Å². The standard InChI is InChI=1S/C15H32NOP/c1-4-6-12-18(3,13-7-5-2)15-11-9-8-10-14(15)16-17/h14-15,18H,4-13H2,1-3H3/t14-,15-/m1/s1. The van der Waals surface area contributed by atoms with E-state index < -0.39 is 7.26 Å². The van der Waals surface area contributed by atoms with E-state index in [2.05, 4.69) is 25.7 Å². The van der Waals surface area contributed by atoms with Crippen LogP contribution >= 0.6 is 7.26 Å². The average molecular weight is 273 g/mol. The Balaban J connectivity index is 2.74. The quantitative estimate of drug-likeness (QED) is 0.450. The number of nitroso groups, excluding NO2 is 1. The molecule has 3 heteroatoms. The number of rotatable bonds is 8. The molecular weight excluding hydrogens is 241 g/mol. The Hall–Kier alpha value is 0.0300. The van der Waals surface area contributed by atoms with Crippen molar-refractivity contribution in [2.24, 2.45) is 5.18 Å². The summed E-state index contributed by atoms with van der Waals surface area (Å²) in [6.45, 7) is 7.13. The van der Waals surface area contributed by atoms with Crippen molar-refractivity contribution in [2.45, 2.75) is 76.9 Å². The summed E-state index contributed by atoms with van der Waals surface area (Å²) < 4.78 is 0. The van der Waals surface area contributed by atoms with E-state index in [-0.39, 0.29) is 6.04 Å². The van der Waals surface area contributed by atoms with E-state index in [0.717, 1.165) is 6.42 Å². The Kier molecular flexibility index (Phi) is 7.37. The second-order valence-corrected chi connectivity index (χ2v) is 11.5. The number of hydrogen-bond donors (Lipinski definition) is 0. The molecule has 0 unspecified atom stereocenters. The van der Waals surface area contributed by atoms with Crippen molar-refractivity contribution >= 4 is 7.26 Å². The molecule has 1 fully saturated rings. The molecule has 1 rings (SSSR count). The van der Waals surface area contributed by atoms with Gasteiger partial charge in [-0.25, -0.2) is 0 Å². The molecule has 1 saturated carbocycles. The van der Waals surface area contributed by atoms with Crippen molar-refractivity contribution in [3.63, 3.8) is 0 Å². The first-order chi connectivity index (χ1) is 8.68. The van der Waals surface area contributed by atoms with E-state index >= 15 is 0 Å². The van der Waals surface area contributed by atoms with Gasteiger partial charge in [0.1, 0.15) is 0 Å². The van der Waals surface area contributed by atoms with Gasteiger partial charge in [0.15, 0.2) is 0 Å². The second kappa shape index (κ2) is 8.25. The Bertz CT molecular complexity index is 237. The van der Waals surface area contributed by atoms with Gasteiger partial charge >= 0.3 is 113 Å². The van der Waals surface area contributed by atoms with Crippen LogP contribution in [0.25, 0.3) is 0 Å². The molecule has 0 aromatic carbocycles. The molecule has 0 bridgehead atoms. The van der Waals surface area contributed by atoms with E-state index in [1.165, 1.54) is 57.3 Å². The molecule has 0 aromatic heterocycles. The summed E-state index contributed by atoms with van der Waals surface area (Å²) in [5.74, 6) is 0. The van der Waals surface area contributed by atoms with Crippen LogP contribution in [0.2, 0.25) is 0 Å². The monoisotopic (exact) mass is 273 g/mol. The molecule has 0 heterocycles. The molecule has 2 atom stereocenters. The van der Waals surface area contributed by atoms with Crippen LogP contribution in [0.5, 0.6) is 0 Å². The molecule has 108 valence electrons. The van der Waals surface area contributed by atoms with Gasteiger partial charge in [-0.1, -0.05) is 0 Å². The van der Waals surface area contributed by atoms with Gasteiger partial charge in [-0.05, 0) is 0 Å². The molecule has 0 spiro atoms. The normalized spacial score (nSPS) is 25.9. The molecule has 0 amide bonds. The third-order valence-electron chi connectivity index (χ3n) is 4.96. The van der Waals surface area contributed by atoms with Crippen LogP contribution in [0.3, 0.4) is 0 Å². The minimum atomic E-state index is -1.27. The fourth-order valence-corrected chi connectivity index (χ4v) is 9.08. The third kappa shape index (κ3) is 4.30. The summed E-state index contributed by atoms with van der Waals surface area (Å²) in [7, 11) is -1.27. The van der Waals surface area contributed by atoms with E-state index in [0.29, 0.717) is 5.66 Å². The molecule has 0 radical (unpaired) electrons. The van der Waals surface area contributed by atoms with Crippen molar-refractivity contribution in [3.05, 3.63) is 4.91 Å². The fraction of sp³-hybridized carbons (Fsp3) is 1.00. The Morgan fingerprint density at radius 2 is 1.61 bits per heavy atom. The molecule has 0 saturated heterocycles. The molecule has 0 aliphatic heterocycles. The van der Waals surface area contributed by atoms with Gasteiger partial charge < -0.3 is 0 Å². The van der Waals surface area contributed by atoms with E-state index in [1.807, 2.05) is 0 Å². The molecule has 0 N–H and O–H groups in total. The average Bonchev–Trinajstić information content (AvgIpc) is 2.43. The van der Waals surface area contributed by atoms with Crippen molar-refractivity contribution in [2.75, 3.05) is 19.0 Å². The molecule has 1 aliphatic carbocycles. The summed E-state index contributed by atoms with van der Waals surface area (Å²) in [6, 6.07) is 0.157. The molecular formula is C15H32NOP. The zero-order chi connectivity index (χ0) is 13.4. The first-order valence-electron chi connectivity index (χ1n) is 8.00. The minimum absolute atomic E-state index is 0.157. The fourth-order valence-electron chi connectivity index (χ4n) is 3.71. The van der Waals surface area contributed by atoms with Gasteiger partial charge in [0.25, 0.3) is 0 Å². The van der Waals surface area contributed by atoms with E-state index in [9.17, 15) is 4.91 Å². The summed E-state index contributed by atoms with van der Waals surface area (Å²) in [5, 5.41) is 3.50. The zero-order valence-electron chi connectivity index (χ0n) is 12.6. The Morgan fingerprint density at radius 1 is 1.06 bits per heavy atom. The van der Waals surface area contributed by atoms with Crippen molar-refractivity contribution in [1.29, 1.82) is 0 Å². The van der Waals surface area contributed by atoms with Crippen molar-refractivity contribution in [3.8, 4) is 0 Å². The second-order valence-electron chi connectivity index (χ2n) is 6.42. The number of nitrogens with zero attached hydrogens (tertiary/aromatic N) is 1. The van der Waals surface area contributed by atoms with Gasteiger partial charge in [0.05, 0.1) is 0 Å². The van der Waals surface area contributed by atoms with Crippen LogP contribution < -0.4 is 0 Å². The SMILES string of the molecule is CCCC[PH](C)(CCCC)[C@@H]1CCCC[C@H]1N=O. The summed E-state index contributed by atoms with van der Waals surface area (Å²) in [4.78, 5) is 11.1.